The molecule has 2 aromatic rings. The van der Waals surface area contributed by atoms with E-state index in [9.17, 15) is 4.79 Å². The highest BCUT2D eigenvalue weighted by molar-refractivity contribution is 14.1. The second-order valence-electron chi connectivity index (χ2n) is 3.14. The Morgan fingerprint density at radius 3 is 2.94 bits per heavy atom. The lowest BCUT2D eigenvalue weighted by atomic mass is 10.3. The van der Waals surface area contributed by atoms with Crippen molar-refractivity contribution in [3.05, 3.63) is 55.2 Å². The fourth-order valence-corrected chi connectivity index (χ4v) is 1.79. The molecule has 82 valence electrons. The summed E-state index contributed by atoms with van der Waals surface area (Å²) in [5, 5.41) is 4.57. The van der Waals surface area contributed by atoms with Crippen molar-refractivity contribution in [1.29, 1.82) is 0 Å². The summed E-state index contributed by atoms with van der Waals surface area (Å²) in [6, 6.07) is 3.30. The number of hydrogen-bond acceptors (Lipinski definition) is 3. The molecule has 0 atom stereocenters. The van der Waals surface area contributed by atoms with Gasteiger partial charge in [0.15, 0.2) is 0 Å². The molecule has 2 heterocycles. The second kappa shape index (κ2) is 4.92. The molecular formula is C10H7ClIN3O. The number of halogens is 2. The van der Waals surface area contributed by atoms with Crippen LogP contribution in [-0.2, 0) is 6.54 Å². The minimum Gasteiger partial charge on any atom is -0.268 e. The van der Waals surface area contributed by atoms with Gasteiger partial charge in [0.1, 0.15) is 0 Å². The predicted octanol–water partition coefficient (Wildman–Crippen LogP) is 1.94. The molecule has 0 bridgehead atoms. The van der Waals surface area contributed by atoms with Crippen molar-refractivity contribution in [3.63, 3.8) is 0 Å². The molecule has 0 saturated carbocycles. The standard InChI is InChI=1S/C10H7ClIN3O/c11-9-5-13-2-1-7(9)6-15-10(16)3-8(12)4-14-15/h1-5H,6H2. The molecule has 0 saturated heterocycles. The average molecular weight is 348 g/mol. The molecule has 0 amide bonds. The summed E-state index contributed by atoms with van der Waals surface area (Å²) in [7, 11) is 0. The van der Waals surface area contributed by atoms with Gasteiger partial charge in [0, 0.05) is 22.0 Å². The Balaban J connectivity index is 2.35. The summed E-state index contributed by atoms with van der Waals surface area (Å²) >= 11 is 8.00. The van der Waals surface area contributed by atoms with Crippen molar-refractivity contribution < 1.29 is 0 Å². The van der Waals surface area contributed by atoms with Gasteiger partial charge in [0.2, 0.25) is 0 Å². The first kappa shape index (κ1) is 11.5. The van der Waals surface area contributed by atoms with Crippen LogP contribution in [0.3, 0.4) is 0 Å². The van der Waals surface area contributed by atoms with Gasteiger partial charge < -0.3 is 0 Å². The highest BCUT2D eigenvalue weighted by atomic mass is 127. The summed E-state index contributed by atoms with van der Waals surface area (Å²) in [5.41, 5.74) is 0.687. The van der Waals surface area contributed by atoms with Gasteiger partial charge in [-0.2, -0.15) is 5.10 Å². The second-order valence-corrected chi connectivity index (χ2v) is 4.79. The molecule has 0 radical (unpaired) electrons. The maximum atomic E-state index is 11.6. The summed E-state index contributed by atoms with van der Waals surface area (Å²) in [6.45, 7) is 0.358. The highest BCUT2D eigenvalue weighted by Crippen LogP contribution is 2.13. The van der Waals surface area contributed by atoms with Gasteiger partial charge >= 0.3 is 0 Å². The van der Waals surface area contributed by atoms with Crippen LogP contribution in [0.1, 0.15) is 5.56 Å². The number of nitrogens with zero attached hydrogens (tertiary/aromatic N) is 3. The number of rotatable bonds is 2. The van der Waals surface area contributed by atoms with Crippen LogP contribution in [0.25, 0.3) is 0 Å². The van der Waals surface area contributed by atoms with E-state index in [4.69, 9.17) is 11.6 Å². The van der Waals surface area contributed by atoms with E-state index in [2.05, 4.69) is 10.1 Å². The molecule has 0 N–H and O–H groups in total. The van der Waals surface area contributed by atoms with Crippen LogP contribution in [-0.4, -0.2) is 14.8 Å². The van der Waals surface area contributed by atoms with Gasteiger partial charge in [0.05, 0.1) is 17.8 Å². The van der Waals surface area contributed by atoms with E-state index >= 15 is 0 Å². The van der Waals surface area contributed by atoms with E-state index in [1.807, 2.05) is 22.6 Å². The van der Waals surface area contributed by atoms with Gasteiger partial charge in [-0.25, -0.2) is 4.68 Å². The summed E-state index contributed by atoms with van der Waals surface area (Å²) in [6.07, 6.45) is 4.82. The van der Waals surface area contributed by atoms with E-state index in [1.165, 1.54) is 10.7 Å². The monoisotopic (exact) mass is 347 g/mol. The molecule has 4 nitrogen and oxygen atoms in total. The molecule has 0 aliphatic carbocycles. The van der Waals surface area contributed by atoms with E-state index in [1.54, 1.807) is 24.7 Å². The fraction of sp³-hybridized carbons (Fsp3) is 0.100. The van der Waals surface area contributed by atoms with E-state index < -0.39 is 0 Å². The molecule has 6 heteroatoms. The van der Waals surface area contributed by atoms with E-state index in [0.717, 1.165) is 9.13 Å². The van der Waals surface area contributed by atoms with Gasteiger partial charge in [0.25, 0.3) is 5.56 Å². The van der Waals surface area contributed by atoms with Crippen molar-refractivity contribution in [1.82, 2.24) is 14.8 Å². The number of pyridine rings is 1. The predicted molar refractivity (Wildman–Crippen MR) is 69.6 cm³/mol. The third-order valence-corrected chi connectivity index (χ3v) is 2.94. The average Bonchev–Trinajstić information content (AvgIpc) is 2.25. The molecule has 0 aliphatic rings. The zero-order valence-corrected chi connectivity index (χ0v) is 11.0. The van der Waals surface area contributed by atoms with Gasteiger partial charge in [-0.05, 0) is 34.2 Å². The Kier molecular flexibility index (Phi) is 3.55. The first-order valence-electron chi connectivity index (χ1n) is 4.48. The Morgan fingerprint density at radius 1 is 1.44 bits per heavy atom. The van der Waals surface area contributed by atoms with Crippen LogP contribution < -0.4 is 5.56 Å². The quantitative estimate of drug-likeness (QED) is 0.780. The molecule has 0 spiro atoms. The minimum atomic E-state index is -0.139. The normalized spacial score (nSPS) is 10.4. The molecule has 16 heavy (non-hydrogen) atoms. The Morgan fingerprint density at radius 2 is 2.25 bits per heavy atom. The van der Waals surface area contributed by atoms with Crippen LogP contribution >= 0.6 is 34.2 Å². The summed E-state index contributed by atoms with van der Waals surface area (Å²) < 4.78 is 2.18. The Bertz CT molecular complexity index is 570. The van der Waals surface area contributed by atoms with Crippen molar-refractivity contribution in [3.8, 4) is 0 Å². The molecular weight excluding hydrogens is 340 g/mol. The van der Waals surface area contributed by atoms with Crippen LogP contribution in [0.4, 0.5) is 0 Å². The van der Waals surface area contributed by atoms with Crippen molar-refractivity contribution in [2.75, 3.05) is 0 Å². The Hall–Kier alpha value is -0.950. The van der Waals surface area contributed by atoms with Gasteiger partial charge in [-0.15, -0.1) is 0 Å². The smallest absolute Gasteiger partial charge is 0.268 e. The maximum absolute atomic E-state index is 11.6. The third kappa shape index (κ3) is 2.59. The third-order valence-electron chi connectivity index (χ3n) is 2.01. The summed E-state index contributed by atoms with van der Waals surface area (Å²) in [4.78, 5) is 15.5. The topological polar surface area (TPSA) is 47.8 Å². The first-order valence-corrected chi connectivity index (χ1v) is 5.93. The van der Waals surface area contributed by atoms with Crippen LogP contribution in [0.15, 0.2) is 35.5 Å². The van der Waals surface area contributed by atoms with Crippen LogP contribution in [0.5, 0.6) is 0 Å². The van der Waals surface area contributed by atoms with Gasteiger partial charge in [-0.3, -0.25) is 9.78 Å². The number of hydrogen-bond donors (Lipinski definition) is 0. The van der Waals surface area contributed by atoms with Crippen molar-refractivity contribution in [2.45, 2.75) is 6.54 Å². The first-order chi connectivity index (χ1) is 7.66. The molecule has 0 aliphatic heterocycles. The Labute approximate surface area is 110 Å². The van der Waals surface area contributed by atoms with E-state index in [0.29, 0.717) is 11.6 Å². The number of aromatic nitrogens is 3. The van der Waals surface area contributed by atoms with Crippen LogP contribution in [0.2, 0.25) is 5.02 Å². The lowest BCUT2D eigenvalue weighted by Crippen LogP contribution is -2.22. The largest absolute Gasteiger partial charge is 0.268 e. The summed E-state index contributed by atoms with van der Waals surface area (Å²) in [5.74, 6) is 0. The maximum Gasteiger partial charge on any atom is 0.268 e. The molecule has 2 rings (SSSR count). The van der Waals surface area contributed by atoms with Crippen LogP contribution in [0, 0.1) is 3.57 Å². The molecule has 0 aromatic carbocycles. The lowest BCUT2D eigenvalue weighted by Gasteiger charge is -2.05. The van der Waals surface area contributed by atoms with Crippen molar-refractivity contribution >= 4 is 34.2 Å². The van der Waals surface area contributed by atoms with E-state index in [-0.39, 0.29) is 5.56 Å². The zero-order chi connectivity index (χ0) is 11.5. The fourth-order valence-electron chi connectivity index (χ4n) is 1.22. The van der Waals surface area contributed by atoms with Gasteiger partial charge in [-0.1, -0.05) is 11.6 Å². The molecule has 0 unspecified atom stereocenters. The molecule has 0 fully saturated rings. The SMILES string of the molecule is O=c1cc(I)cnn1Cc1ccncc1Cl. The van der Waals surface area contributed by atoms with Crippen molar-refractivity contribution in [2.24, 2.45) is 0 Å². The zero-order valence-electron chi connectivity index (χ0n) is 8.10. The highest BCUT2D eigenvalue weighted by Gasteiger charge is 2.03. The minimum absolute atomic E-state index is 0.139. The molecule has 2 aromatic heterocycles. The lowest BCUT2D eigenvalue weighted by molar-refractivity contribution is 0.636.